The maximum absolute atomic E-state index is 13.2. The van der Waals surface area contributed by atoms with Crippen LogP contribution in [0.4, 0.5) is 4.79 Å². The third-order valence-electron chi connectivity index (χ3n) is 8.84. The molecule has 10 nitrogen and oxygen atoms in total. The summed E-state index contributed by atoms with van der Waals surface area (Å²) >= 11 is 0. The molecule has 46 heavy (non-hydrogen) atoms. The largest absolute Gasteiger partial charge is 0.496 e. The average molecular weight is 631 g/mol. The topological polar surface area (TPSA) is 105 Å². The van der Waals surface area contributed by atoms with Crippen LogP contribution in [0.25, 0.3) is 0 Å². The molecule has 4 saturated heterocycles. The second-order valence-electron chi connectivity index (χ2n) is 11.9. The molecule has 244 valence electrons. The lowest BCUT2D eigenvalue weighted by Crippen LogP contribution is -2.52. The van der Waals surface area contributed by atoms with Crippen molar-refractivity contribution in [2.24, 2.45) is 5.92 Å². The summed E-state index contributed by atoms with van der Waals surface area (Å²) in [5.41, 5.74) is 2.99. The molecule has 1 unspecified atom stereocenters. The quantitative estimate of drug-likeness (QED) is 0.194. The van der Waals surface area contributed by atoms with Gasteiger partial charge in [0.1, 0.15) is 29.8 Å². The first-order valence-corrected chi connectivity index (χ1v) is 16.1. The predicted octanol–water partition coefficient (Wildman–Crippen LogP) is 5.49. The molecular formula is C36H42N2O8. The number of esters is 1. The summed E-state index contributed by atoms with van der Waals surface area (Å²) in [6.45, 7) is 4.70. The predicted molar refractivity (Wildman–Crippen MR) is 170 cm³/mol. The lowest BCUT2D eigenvalue weighted by molar-refractivity contribution is -0.0505. The minimum absolute atomic E-state index is 0.0781. The smallest absolute Gasteiger partial charge is 0.408 e. The molecule has 0 radical (unpaired) electrons. The Morgan fingerprint density at radius 3 is 2.48 bits per heavy atom. The van der Waals surface area contributed by atoms with E-state index >= 15 is 0 Å². The van der Waals surface area contributed by atoms with Crippen molar-refractivity contribution in [2.45, 2.75) is 50.7 Å². The number of alkyl carbamates (subject to hydrolysis) is 1. The molecule has 4 aliphatic rings. The number of amides is 1. The van der Waals surface area contributed by atoms with Crippen molar-refractivity contribution in [3.63, 3.8) is 0 Å². The first-order chi connectivity index (χ1) is 22.6. The summed E-state index contributed by atoms with van der Waals surface area (Å²) in [5, 5.41) is 3.11. The Morgan fingerprint density at radius 2 is 1.74 bits per heavy atom. The third-order valence-corrected chi connectivity index (χ3v) is 8.84. The molecule has 1 amide bonds. The molecule has 2 bridgehead atoms. The van der Waals surface area contributed by atoms with Crippen molar-refractivity contribution in [1.29, 1.82) is 0 Å². The second kappa shape index (κ2) is 15.4. The van der Waals surface area contributed by atoms with E-state index in [1.807, 2.05) is 60.7 Å². The number of ether oxygens (including phenoxy) is 6. The lowest BCUT2D eigenvalue weighted by atomic mass is 9.86. The summed E-state index contributed by atoms with van der Waals surface area (Å²) < 4.78 is 33.9. The summed E-state index contributed by atoms with van der Waals surface area (Å²) in [7, 11) is 1.52. The zero-order valence-corrected chi connectivity index (χ0v) is 26.2. The van der Waals surface area contributed by atoms with Gasteiger partial charge < -0.3 is 33.7 Å². The van der Waals surface area contributed by atoms with Crippen LogP contribution in [0.2, 0.25) is 0 Å². The molecule has 7 rings (SSSR count). The molecule has 4 aliphatic heterocycles. The van der Waals surface area contributed by atoms with Crippen LogP contribution in [-0.4, -0.2) is 75.9 Å². The second-order valence-corrected chi connectivity index (χ2v) is 11.9. The van der Waals surface area contributed by atoms with Gasteiger partial charge in [0.15, 0.2) is 6.29 Å². The van der Waals surface area contributed by atoms with Gasteiger partial charge in [-0.3, -0.25) is 4.90 Å². The molecule has 0 aromatic heterocycles. The summed E-state index contributed by atoms with van der Waals surface area (Å²) in [6, 6.07) is 22.4. The third kappa shape index (κ3) is 8.17. The van der Waals surface area contributed by atoms with E-state index in [0.29, 0.717) is 49.0 Å². The lowest BCUT2D eigenvalue weighted by Gasteiger charge is -2.43. The number of nitrogens with zero attached hydrogens (tertiary/aromatic N) is 1. The first kappa shape index (κ1) is 31.8. The number of piperidine rings is 3. The van der Waals surface area contributed by atoms with Gasteiger partial charge in [-0.25, -0.2) is 9.59 Å². The van der Waals surface area contributed by atoms with Gasteiger partial charge in [-0.1, -0.05) is 48.5 Å². The standard InChI is InChI=1S/C36H42N2O8/c1-41-31-21-25(12-13-30(31)35(39)44-18-6-11-33-42-19-20-43-33)24-45-29-10-5-9-28(22-29)34(27-7-3-2-4-8-27)37-36(40)46-32-23-38-16-14-26(32)15-17-38/h2-5,7-10,12-13,21-22,26,32-34H,6,11,14-20,23-24H2,1H3,(H,37,40)/t32?,34-/m0/s1. The van der Waals surface area contributed by atoms with Crippen molar-refractivity contribution >= 4 is 12.1 Å². The summed E-state index contributed by atoms with van der Waals surface area (Å²) in [4.78, 5) is 28.2. The number of benzene rings is 3. The SMILES string of the molecule is COc1cc(COc2cccc([C@@H](NC(=O)OC3CN4CCC3CC4)c3ccccc3)c2)ccc1C(=O)OCCCC1OCCO1. The van der Waals surface area contributed by atoms with Crippen molar-refractivity contribution in [1.82, 2.24) is 10.2 Å². The molecule has 4 fully saturated rings. The Hall–Kier alpha value is -4.12. The number of carbonyl (C=O) groups excluding carboxylic acids is 2. The van der Waals surface area contributed by atoms with E-state index in [-0.39, 0.29) is 25.6 Å². The van der Waals surface area contributed by atoms with Gasteiger partial charge >= 0.3 is 12.1 Å². The molecule has 10 heteroatoms. The van der Waals surface area contributed by atoms with Crippen LogP contribution in [0.15, 0.2) is 72.8 Å². The Labute approximate surface area is 269 Å². The zero-order chi connectivity index (χ0) is 31.7. The zero-order valence-electron chi connectivity index (χ0n) is 26.2. The van der Waals surface area contributed by atoms with Crippen LogP contribution in [0.1, 0.15) is 58.8 Å². The van der Waals surface area contributed by atoms with Crippen molar-refractivity contribution in [2.75, 3.05) is 46.6 Å². The molecule has 4 heterocycles. The Bertz CT molecular complexity index is 1450. The molecular weight excluding hydrogens is 588 g/mol. The van der Waals surface area contributed by atoms with Crippen molar-refractivity contribution < 1.29 is 38.0 Å². The van der Waals surface area contributed by atoms with Gasteiger partial charge in [0.25, 0.3) is 0 Å². The van der Waals surface area contributed by atoms with Gasteiger partial charge in [0.05, 0.1) is 33.0 Å². The highest BCUT2D eigenvalue weighted by Gasteiger charge is 2.37. The van der Waals surface area contributed by atoms with E-state index in [0.717, 1.165) is 49.2 Å². The minimum atomic E-state index is -0.447. The van der Waals surface area contributed by atoms with Crippen LogP contribution in [-0.2, 0) is 25.6 Å². The minimum Gasteiger partial charge on any atom is -0.496 e. The van der Waals surface area contributed by atoms with Gasteiger partial charge in [-0.05, 0) is 79.2 Å². The van der Waals surface area contributed by atoms with E-state index in [2.05, 4.69) is 10.2 Å². The number of carbonyl (C=O) groups is 2. The van der Waals surface area contributed by atoms with E-state index in [9.17, 15) is 9.59 Å². The fourth-order valence-corrected chi connectivity index (χ4v) is 6.35. The van der Waals surface area contributed by atoms with Crippen LogP contribution in [0.5, 0.6) is 11.5 Å². The first-order valence-electron chi connectivity index (χ1n) is 16.1. The fourth-order valence-electron chi connectivity index (χ4n) is 6.35. The Kier molecular flexibility index (Phi) is 10.7. The number of hydrogen-bond donors (Lipinski definition) is 1. The summed E-state index contributed by atoms with van der Waals surface area (Å²) in [6.07, 6.45) is 2.76. The molecule has 2 atom stereocenters. The van der Waals surface area contributed by atoms with E-state index < -0.39 is 18.1 Å². The number of nitrogens with one attached hydrogen (secondary N) is 1. The Morgan fingerprint density at radius 1 is 0.957 bits per heavy atom. The number of methoxy groups -OCH3 is 1. The maximum atomic E-state index is 13.2. The van der Waals surface area contributed by atoms with Gasteiger partial charge in [-0.2, -0.15) is 0 Å². The van der Waals surface area contributed by atoms with Crippen molar-refractivity contribution in [3.05, 3.63) is 95.1 Å². The van der Waals surface area contributed by atoms with Gasteiger partial charge in [0, 0.05) is 13.0 Å². The summed E-state index contributed by atoms with van der Waals surface area (Å²) in [5.74, 6) is 1.04. The number of rotatable bonds is 13. The fraction of sp³-hybridized carbons (Fsp3) is 0.444. The highest BCUT2D eigenvalue weighted by atomic mass is 16.7. The Balaban J connectivity index is 1.07. The molecule has 0 saturated carbocycles. The van der Waals surface area contributed by atoms with Gasteiger partial charge in [0.2, 0.25) is 0 Å². The monoisotopic (exact) mass is 630 g/mol. The molecule has 3 aromatic rings. The van der Waals surface area contributed by atoms with Gasteiger partial charge in [-0.15, -0.1) is 0 Å². The normalized spacial score (nSPS) is 21.4. The van der Waals surface area contributed by atoms with E-state index in [1.54, 1.807) is 12.1 Å². The number of hydrogen-bond acceptors (Lipinski definition) is 9. The van der Waals surface area contributed by atoms with E-state index in [1.165, 1.54) is 7.11 Å². The molecule has 0 spiro atoms. The van der Waals surface area contributed by atoms with Crippen LogP contribution < -0.4 is 14.8 Å². The molecule has 3 aromatic carbocycles. The van der Waals surface area contributed by atoms with Crippen LogP contribution in [0.3, 0.4) is 0 Å². The highest BCUT2D eigenvalue weighted by molar-refractivity contribution is 5.92. The van der Waals surface area contributed by atoms with E-state index in [4.69, 9.17) is 28.4 Å². The van der Waals surface area contributed by atoms with Crippen LogP contribution in [0, 0.1) is 5.92 Å². The van der Waals surface area contributed by atoms with Crippen LogP contribution >= 0.6 is 0 Å². The number of fused-ring (bicyclic) bond motifs is 3. The molecule has 0 aliphatic carbocycles. The average Bonchev–Trinajstić information content (AvgIpc) is 3.63. The van der Waals surface area contributed by atoms with Crippen molar-refractivity contribution in [3.8, 4) is 11.5 Å². The highest BCUT2D eigenvalue weighted by Crippen LogP contribution is 2.31. The maximum Gasteiger partial charge on any atom is 0.408 e. The molecule has 1 N–H and O–H groups in total.